The number of hydrogen-bond acceptors (Lipinski definition) is 2. The van der Waals surface area contributed by atoms with Crippen molar-refractivity contribution < 1.29 is 15.0 Å². The Morgan fingerprint density at radius 2 is 1.28 bits per heavy atom. The van der Waals surface area contributed by atoms with Gasteiger partial charge < -0.3 is 10.2 Å². The standard InChI is InChI=1S/C15H28O3/c16-13-9-7-5-3-1-2-4-6-8-10-15(11-12-15)14(17)18/h16H,1-13H2,(H,17,18). The fourth-order valence-corrected chi connectivity index (χ4v) is 2.53. The van der Waals surface area contributed by atoms with Gasteiger partial charge in [-0.25, -0.2) is 0 Å². The highest BCUT2D eigenvalue weighted by atomic mass is 16.4. The van der Waals surface area contributed by atoms with Gasteiger partial charge in [-0.05, 0) is 25.7 Å². The molecule has 0 radical (unpaired) electrons. The quantitative estimate of drug-likeness (QED) is 0.523. The molecule has 2 N–H and O–H groups in total. The van der Waals surface area contributed by atoms with E-state index in [1.54, 1.807) is 0 Å². The van der Waals surface area contributed by atoms with E-state index in [4.69, 9.17) is 10.2 Å². The molecule has 1 aliphatic carbocycles. The summed E-state index contributed by atoms with van der Waals surface area (Å²) in [6, 6.07) is 0. The summed E-state index contributed by atoms with van der Waals surface area (Å²) in [6.45, 7) is 0.325. The molecule has 0 bridgehead atoms. The fraction of sp³-hybridized carbons (Fsp3) is 0.933. The smallest absolute Gasteiger partial charge is 0.309 e. The Labute approximate surface area is 111 Å². The second kappa shape index (κ2) is 8.52. The van der Waals surface area contributed by atoms with Gasteiger partial charge in [0.1, 0.15) is 0 Å². The van der Waals surface area contributed by atoms with Crippen LogP contribution in [0.4, 0.5) is 0 Å². The Hall–Kier alpha value is -0.570. The van der Waals surface area contributed by atoms with Crippen molar-refractivity contribution >= 4 is 5.97 Å². The average molecular weight is 256 g/mol. The lowest BCUT2D eigenvalue weighted by molar-refractivity contribution is -0.143. The molecule has 106 valence electrons. The van der Waals surface area contributed by atoms with E-state index in [9.17, 15) is 4.79 Å². The summed E-state index contributed by atoms with van der Waals surface area (Å²) in [5.41, 5.74) is -0.315. The number of unbranched alkanes of at least 4 members (excludes halogenated alkanes) is 8. The van der Waals surface area contributed by atoms with E-state index < -0.39 is 5.97 Å². The van der Waals surface area contributed by atoms with Gasteiger partial charge in [-0.1, -0.05) is 51.4 Å². The molecule has 1 fully saturated rings. The lowest BCUT2D eigenvalue weighted by Gasteiger charge is -2.08. The van der Waals surface area contributed by atoms with Gasteiger partial charge >= 0.3 is 5.97 Å². The number of carboxylic acid groups (broad SMARTS) is 1. The Morgan fingerprint density at radius 3 is 1.67 bits per heavy atom. The fourth-order valence-electron chi connectivity index (χ4n) is 2.53. The van der Waals surface area contributed by atoms with Crippen molar-refractivity contribution in [3.05, 3.63) is 0 Å². The third kappa shape index (κ3) is 5.85. The highest BCUT2D eigenvalue weighted by molar-refractivity contribution is 5.77. The Kier molecular flexibility index (Phi) is 7.33. The molecule has 1 saturated carbocycles. The van der Waals surface area contributed by atoms with Gasteiger partial charge in [-0.3, -0.25) is 4.79 Å². The maximum absolute atomic E-state index is 11.0. The van der Waals surface area contributed by atoms with E-state index in [0.717, 1.165) is 38.5 Å². The third-order valence-corrected chi connectivity index (χ3v) is 4.12. The molecule has 0 atom stereocenters. The first-order chi connectivity index (χ1) is 8.71. The highest BCUT2D eigenvalue weighted by Gasteiger charge is 2.49. The molecule has 3 nitrogen and oxygen atoms in total. The van der Waals surface area contributed by atoms with E-state index in [0.29, 0.717) is 6.61 Å². The van der Waals surface area contributed by atoms with E-state index in [1.165, 1.54) is 38.5 Å². The zero-order chi connectivity index (χ0) is 13.3. The largest absolute Gasteiger partial charge is 0.481 e. The average Bonchev–Trinajstić information content (AvgIpc) is 3.13. The molecule has 0 aromatic rings. The third-order valence-electron chi connectivity index (χ3n) is 4.12. The van der Waals surface area contributed by atoms with Crippen LogP contribution in [0.2, 0.25) is 0 Å². The predicted molar refractivity (Wildman–Crippen MR) is 72.6 cm³/mol. The molecule has 1 aliphatic rings. The van der Waals surface area contributed by atoms with Crippen molar-refractivity contribution in [3.63, 3.8) is 0 Å². The monoisotopic (exact) mass is 256 g/mol. The van der Waals surface area contributed by atoms with Crippen molar-refractivity contribution in [2.75, 3.05) is 6.61 Å². The van der Waals surface area contributed by atoms with Crippen LogP contribution in [0.25, 0.3) is 0 Å². The summed E-state index contributed by atoms with van der Waals surface area (Å²) in [6.07, 6.45) is 13.4. The summed E-state index contributed by atoms with van der Waals surface area (Å²) in [7, 11) is 0. The van der Waals surface area contributed by atoms with E-state index in [-0.39, 0.29) is 5.41 Å². The number of carbonyl (C=O) groups is 1. The number of rotatable bonds is 12. The molecule has 0 unspecified atom stereocenters. The lowest BCUT2D eigenvalue weighted by Crippen LogP contribution is -2.14. The normalized spacial score (nSPS) is 16.7. The maximum atomic E-state index is 11.0. The zero-order valence-electron chi connectivity index (χ0n) is 11.5. The second-order valence-corrected chi connectivity index (χ2v) is 5.74. The van der Waals surface area contributed by atoms with Crippen LogP contribution in [0.1, 0.15) is 77.0 Å². The first-order valence-electron chi connectivity index (χ1n) is 7.55. The Morgan fingerprint density at radius 1 is 0.833 bits per heavy atom. The van der Waals surface area contributed by atoms with Gasteiger partial charge in [0.15, 0.2) is 0 Å². The first kappa shape index (κ1) is 15.5. The first-order valence-corrected chi connectivity index (χ1v) is 7.55. The lowest BCUT2D eigenvalue weighted by atomic mass is 9.97. The molecule has 0 saturated heterocycles. The molecular weight excluding hydrogens is 228 g/mol. The van der Waals surface area contributed by atoms with Crippen molar-refractivity contribution in [1.82, 2.24) is 0 Å². The molecule has 0 heterocycles. The van der Waals surface area contributed by atoms with Gasteiger partial charge in [-0.2, -0.15) is 0 Å². The molecular formula is C15H28O3. The van der Waals surface area contributed by atoms with Crippen LogP contribution in [0, 0.1) is 5.41 Å². The minimum absolute atomic E-state index is 0.315. The van der Waals surface area contributed by atoms with Gasteiger partial charge in [0.25, 0.3) is 0 Å². The number of aliphatic carboxylic acids is 1. The van der Waals surface area contributed by atoms with Crippen LogP contribution in [0.5, 0.6) is 0 Å². The van der Waals surface area contributed by atoms with Gasteiger partial charge in [0, 0.05) is 6.61 Å². The van der Waals surface area contributed by atoms with Crippen molar-refractivity contribution in [1.29, 1.82) is 0 Å². The summed E-state index contributed by atoms with van der Waals surface area (Å²) >= 11 is 0. The van der Waals surface area contributed by atoms with E-state index in [1.807, 2.05) is 0 Å². The second-order valence-electron chi connectivity index (χ2n) is 5.74. The van der Waals surface area contributed by atoms with E-state index >= 15 is 0 Å². The summed E-state index contributed by atoms with van der Waals surface area (Å²) in [5, 5.41) is 17.7. The Bertz CT molecular complexity index is 234. The molecule has 3 heteroatoms. The van der Waals surface area contributed by atoms with Gasteiger partial charge in [0.05, 0.1) is 5.41 Å². The summed E-state index contributed by atoms with van der Waals surface area (Å²) in [5.74, 6) is -0.577. The molecule has 0 aromatic heterocycles. The topological polar surface area (TPSA) is 57.5 Å². The van der Waals surface area contributed by atoms with E-state index in [2.05, 4.69) is 0 Å². The number of aliphatic hydroxyl groups is 1. The minimum atomic E-state index is -0.577. The van der Waals surface area contributed by atoms with Crippen molar-refractivity contribution in [2.45, 2.75) is 77.0 Å². The predicted octanol–water partition coefficient (Wildman–Crippen LogP) is 3.74. The van der Waals surface area contributed by atoms with Gasteiger partial charge in [0.2, 0.25) is 0 Å². The zero-order valence-corrected chi connectivity index (χ0v) is 11.5. The van der Waals surface area contributed by atoms with Crippen molar-refractivity contribution in [3.8, 4) is 0 Å². The maximum Gasteiger partial charge on any atom is 0.309 e. The molecule has 0 aromatic carbocycles. The summed E-state index contributed by atoms with van der Waals surface area (Å²) in [4.78, 5) is 11.0. The minimum Gasteiger partial charge on any atom is -0.481 e. The Balaban J connectivity index is 1.81. The molecule has 0 spiro atoms. The van der Waals surface area contributed by atoms with Crippen LogP contribution in [0.15, 0.2) is 0 Å². The van der Waals surface area contributed by atoms with Crippen LogP contribution < -0.4 is 0 Å². The number of aliphatic hydroxyl groups excluding tert-OH is 1. The molecule has 1 rings (SSSR count). The molecule has 0 aliphatic heterocycles. The van der Waals surface area contributed by atoms with Crippen LogP contribution in [0.3, 0.4) is 0 Å². The SMILES string of the molecule is O=C(O)C1(CCCCCCCCCCCO)CC1. The highest BCUT2D eigenvalue weighted by Crippen LogP contribution is 2.50. The molecule has 0 amide bonds. The number of hydrogen-bond donors (Lipinski definition) is 2. The summed E-state index contributed by atoms with van der Waals surface area (Å²) < 4.78 is 0. The van der Waals surface area contributed by atoms with Crippen LogP contribution >= 0.6 is 0 Å². The van der Waals surface area contributed by atoms with Crippen LogP contribution in [-0.4, -0.2) is 22.8 Å². The number of carboxylic acids is 1. The van der Waals surface area contributed by atoms with Gasteiger partial charge in [-0.15, -0.1) is 0 Å². The van der Waals surface area contributed by atoms with Crippen LogP contribution in [-0.2, 0) is 4.79 Å². The van der Waals surface area contributed by atoms with Crippen molar-refractivity contribution in [2.24, 2.45) is 5.41 Å². The molecule has 18 heavy (non-hydrogen) atoms.